The number of anilines is 1. The Morgan fingerprint density at radius 1 is 1.07 bits per heavy atom. The molecule has 0 unspecified atom stereocenters. The maximum absolute atomic E-state index is 13.5. The first-order valence-electron chi connectivity index (χ1n) is 13.8. The SMILES string of the molecule is COc1ccc(CN2C(=O)CCN(c3cnc4c(C#CC5CCN(C(=O)OC(C)(C)C)CC5)cccn34)C2=O)cc1. The number of methoxy groups -OCH3 is 1. The van der Waals surface area contributed by atoms with Crippen molar-refractivity contribution in [2.75, 3.05) is 31.6 Å². The van der Waals surface area contributed by atoms with Crippen molar-refractivity contribution in [3.8, 4) is 17.6 Å². The lowest BCUT2D eigenvalue weighted by atomic mass is 9.97. The largest absolute Gasteiger partial charge is 0.497 e. The summed E-state index contributed by atoms with van der Waals surface area (Å²) >= 11 is 0. The number of carbonyl (C=O) groups is 3. The van der Waals surface area contributed by atoms with Crippen molar-refractivity contribution in [3.05, 3.63) is 59.9 Å². The Hall–Kier alpha value is -4.52. The average molecular weight is 558 g/mol. The number of benzene rings is 1. The van der Waals surface area contributed by atoms with Gasteiger partial charge < -0.3 is 14.4 Å². The number of imidazole rings is 1. The molecule has 10 nitrogen and oxygen atoms in total. The number of piperidine rings is 1. The lowest BCUT2D eigenvalue weighted by Gasteiger charge is -2.33. The molecular formula is C31H35N5O5. The second kappa shape index (κ2) is 11.5. The first kappa shape index (κ1) is 28.0. The molecule has 0 N–H and O–H groups in total. The van der Waals surface area contributed by atoms with Gasteiger partial charge in [-0.15, -0.1) is 0 Å². The summed E-state index contributed by atoms with van der Waals surface area (Å²) in [5.41, 5.74) is 1.72. The van der Waals surface area contributed by atoms with Crippen LogP contribution in [0.3, 0.4) is 0 Å². The number of fused-ring (bicyclic) bond motifs is 1. The zero-order chi connectivity index (χ0) is 29.1. The molecule has 0 atom stereocenters. The molecule has 0 spiro atoms. The summed E-state index contributed by atoms with van der Waals surface area (Å²) in [6, 6.07) is 10.7. The molecule has 0 aliphatic carbocycles. The van der Waals surface area contributed by atoms with Crippen LogP contribution in [0.2, 0.25) is 0 Å². The molecule has 5 rings (SSSR count). The molecule has 2 aromatic heterocycles. The molecule has 4 amide bonds. The van der Waals surface area contributed by atoms with Gasteiger partial charge in [0.25, 0.3) is 0 Å². The molecule has 41 heavy (non-hydrogen) atoms. The van der Waals surface area contributed by atoms with Crippen molar-refractivity contribution >= 4 is 29.5 Å². The molecule has 2 fully saturated rings. The van der Waals surface area contributed by atoms with E-state index in [4.69, 9.17) is 9.47 Å². The fraction of sp³-hybridized carbons (Fsp3) is 0.419. The predicted octanol–water partition coefficient (Wildman–Crippen LogP) is 4.70. The summed E-state index contributed by atoms with van der Waals surface area (Å²) in [5, 5.41) is 0. The van der Waals surface area contributed by atoms with E-state index in [1.54, 1.807) is 23.1 Å². The fourth-order valence-corrected chi connectivity index (χ4v) is 4.98. The summed E-state index contributed by atoms with van der Waals surface area (Å²) in [7, 11) is 1.59. The maximum atomic E-state index is 13.5. The van der Waals surface area contributed by atoms with Crippen LogP contribution >= 0.6 is 0 Å². The molecule has 1 aromatic carbocycles. The third kappa shape index (κ3) is 6.30. The van der Waals surface area contributed by atoms with Crippen molar-refractivity contribution < 1.29 is 23.9 Å². The van der Waals surface area contributed by atoms with Gasteiger partial charge in [-0.1, -0.05) is 24.0 Å². The zero-order valence-corrected chi connectivity index (χ0v) is 23.9. The molecule has 0 saturated carbocycles. The van der Waals surface area contributed by atoms with Gasteiger partial charge in [-0.25, -0.2) is 14.6 Å². The Morgan fingerprint density at radius 3 is 2.49 bits per heavy atom. The Kier molecular flexibility index (Phi) is 7.88. The number of rotatable bonds is 4. The Morgan fingerprint density at radius 2 is 1.80 bits per heavy atom. The van der Waals surface area contributed by atoms with E-state index in [9.17, 15) is 14.4 Å². The number of amides is 4. The van der Waals surface area contributed by atoms with E-state index < -0.39 is 5.60 Å². The van der Waals surface area contributed by atoms with E-state index in [2.05, 4.69) is 16.8 Å². The van der Waals surface area contributed by atoms with Gasteiger partial charge in [0.2, 0.25) is 5.91 Å². The normalized spacial score (nSPS) is 16.5. The number of urea groups is 1. The minimum atomic E-state index is -0.515. The monoisotopic (exact) mass is 557 g/mol. The van der Waals surface area contributed by atoms with Gasteiger partial charge in [0.1, 0.15) is 17.2 Å². The molecule has 4 heterocycles. The van der Waals surface area contributed by atoms with Gasteiger partial charge in [-0.05, 0) is 63.4 Å². The molecule has 10 heteroatoms. The summed E-state index contributed by atoms with van der Waals surface area (Å²) in [5.74, 6) is 7.89. The van der Waals surface area contributed by atoms with Gasteiger partial charge in [-0.3, -0.25) is 19.0 Å². The number of ether oxygens (including phenoxy) is 2. The molecular weight excluding hydrogens is 522 g/mol. The quantitative estimate of drug-likeness (QED) is 0.432. The van der Waals surface area contributed by atoms with E-state index in [-0.39, 0.29) is 43.5 Å². The summed E-state index contributed by atoms with van der Waals surface area (Å²) in [6.45, 7) is 7.26. The van der Waals surface area contributed by atoms with E-state index in [0.717, 1.165) is 24.0 Å². The predicted molar refractivity (Wildman–Crippen MR) is 154 cm³/mol. The van der Waals surface area contributed by atoms with Crippen LogP contribution in [0, 0.1) is 17.8 Å². The number of aromatic nitrogens is 2. The van der Waals surface area contributed by atoms with Gasteiger partial charge in [0, 0.05) is 38.2 Å². The second-order valence-corrected chi connectivity index (χ2v) is 11.3. The van der Waals surface area contributed by atoms with Crippen molar-refractivity contribution in [2.24, 2.45) is 5.92 Å². The first-order chi connectivity index (χ1) is 19.6. The van der Waals surface area contributed by atoms with Crippen LogP contribution < -0.4 is 9.64 Å². The Balaban J connectivity index is 1.29. The number of nitrogens with zero attached hydrogens (tertiary/aromatic N) is 5. The molecule has 214 valence electrons. The second-order valence-electron chi connectivity index (χ2n) is 11.3. The highest BCUT2D eigenvalue weighted by Gasteiger charge is 2.34. The molecule has 2 aliphatic heterocycles. The average Bonchev–Trinajstić information content (AvgIpc) is 3.38. The third-order valence-electron chi connectivity index (χ3n) is 7.16. The summed E-state index contributed by atoms with van der Waals surface area (Å²) in [4.78, 5) is 47.7. The standard InChI is InChI=1S/C31H35N5O5/c1-31(2,3)41-30(39)33-17-13-22(14-18-33)7-10-24-6-5-16-34-26(20-32-28(24)34)35-19-15-27(37)36(29(35)38)21-23-8-11-25(40-4)12-9-23/h5-6,8-9,11-12,16,20,22H,13-15,17-19,21H2,1-4H3. The van der Waals surface area contributed by atoms with Crippen LogP contribution in [0.1, 0.15) is 51.2 Å². The topological polar surface area (TPSA) is 96.7 Å². The minimum Gasteiger partial charge on any atom is -0.497 e. The molecule has 2 aliphatic rings. The van der Waals surface area contributed by atoms with Gasteiger partial charge >= 0.3 is 12.1 Å². The highest BCUT2D eigenvalue weighted by Crippen LogP contribution is 2.25. The zero-order valence-electron chi connectivity index (χ0n) is 23.9. The maximum Gasteiger partial charge on any atom is 0.410 e. The van der Waals surface area contributed by atoms with E-state index in [1.807, 2.05) is 67.8 Å². The summed E-state index contributed by atoms with van der Waals surface area (Å²) in [6.07, 6.45) is 4.98. The van der Waals surface area contributed by atoms with E-state index >= 15 is 0 Å². The first-order valence-corrected chi connectivity index (χ1v) is 13.8. The lowest BCUT2D eigenvalue weighted by molar-refractivity contribution is -0.129. The van der Waals surface area contributed by atoms with Crippen molar-refractivity contribution in [1.82, 2.24) is 19.2 Å². The Labute approximate surface area is 239 Å². The highest BCUT2D eigenvalue weighted by atomic mass is 16.6. The van der Waals surface area contributed by atoms with Crippen molar-refractivity contribution in [3.63, 3.8) is 0 Å². The number of carbonyl (C=O) groups excluding carboxylic acids is 3. The summed E-state index contributed by atoms with van der Waals surface area (Å²) < 4.78 is 12.5. The van der Waals surface area contributed by atoms with Crippen molar-refractivity contribution in [2.45, 2.75) is 52.2 Å². The number of pyridine rings is 1. The smallest absolute Gasteiger partial charge is 0.410 e. The van der Waals surface area contributed by atoms with Crippen LogP contribution in [0.15, 0.2) is 48.8 Å². The van der Waals surface area contributed by atoms with Gasteiger partial charge in [-0.2, -0.15) is 0 Å². The number of imide groups is 1. The van der Waals surface area contributed by atoms with Crippen LogP contribution in [-0.2, 0) is 16.1 Å². The molecule has 0 bridgehead atoms. The fourth-order valence-electron chi connectivity index (χ4n) is 4.98. The third-order valence-corrected chi connectivity index (χ3v) is 7.16. The van der Waals surface area contributed by atoms with Gasteiger partial charge in [0.05, 0.1) is 25.4 Å². The van der Waals surface area contributed by atoms with Crippen molar-refractivity contribution in [1.29, 1.82) is 0 Å². The molecule has 0 radical (unpaired) electrons. The molecule has 2 saturated heterocycles. The van der Waals surface area contributed by atoms with E-state index in [1.165, 1.54) is 4.90 Å². The van der Waals surface area contributed by atoms with Crippen LogP contribution in [0.25, 0.3) is 5.65 Å². The highest BCUT2D eigenvalue weighted by molar-refractivity contribution is 6.05. The number of hydrogen-bond donors (Lipinski definition) is 0. The van der Waals surface area contributed by atoms with Gasteiger partial charge in [0.15, 0.2) is 5.65 Å². The van der Waals surface area contributed by atoms with Crippen LogP contribution in [-0.4, -0.2) is 69.6 Å². The Bertz CT molecular complexity index is 1500. The van der Waals surface area contributed by atoms with Crippen LogP contribution in [0.5, 0.6) is 5.75 Å². The lowest BCUT2D eigenvalue weighted by Crippen LogP contribution is -2.52. The number of hydrogen-bond acceptors (Lipinski definition) is 6. The molecule has 3 aromatic rings. The van der Waals surface area contributed by atoms with Crippen LogP contribution in [0.4, 0.5) is 15.4 Å². The minimum absolute atomic E-state index is 0.157. The van der Waals surface area contributed by atoms with E-state index in [0.29, 0.717) is 30.3 Å². The number of likely N-dealkylation sites (tertiary alicyclic amines) is 1.